The van der Waals surface area contributed by atoms with Gasteiger partial charge >= 0.3 is 0 Å². The summed E-state index contributed by atoms with van der Waals surface area (Å²) in [7, 11) is 0. The van der Waals surface area contributed by atoms with Gasteiger partial charge in [-0.1, -0.05) is 0 Å². The Morgan fingerprint density at radius 1 is 1.47 bits per heavy atom. The first-order valence-corrected chi connectivity index (χ1v) is 7.18. The van der Waals surface area contributed by atoms with Crippen LogP contribution in [0.5, 0.6) is 0 Å². The molecule has 19 heavy (non-hydrogen) atoms. The van der Waals surface area contributed by atoms with E-state index in [1.807, 2.05) is 0 Å². The summed E-state index contributed by atoms with van der Waals surface area (Å²) in [5.41, 5.74) is 0.592. The molecule has 7 heteroatoms. The Labute approximate surface area is 123 Å². The van der Waals surface area contributed by atoms with Crippen molar-refractivity contribution in [3.63, 3.8) is 0 Å². The number of nitro groups is 1. The van der Waals surface area contributed by atoms with Crippen LogP contribution >= 0.6 is 27.3 Å². The van der Waals surface area contributed by atoms with Gasteiger partial charge in [-0.25, -0.2) is 4.98 Å². The van der Waals surface area contributed by atoms with Crippen LogP contribution in [0.15, 0.2) is 22.8 Å². The third-order valence-corrected chi connectivity index (χ3v) is 4.63. The van der Waals surface area contributed by atoms with E-state index in [1.165, 1.54) is 16.0 Å². The number of hydrogen-bond acceptors (Lipinski definition) is 5. The van der Waals surface area contributed by atoms with Crippen LogP contribution in [0.25, 0.3) is 0 Å². The molecule has 2 rings (SSSR count). The lowest BCUT2D eigenvalue weighted by Crippen LogP contribution is -2.03. The molecular weight excluding hydrogens is 330 g/mol. The Morgan fingerprint density at radius 2 is 2.21 bits per heavy atom. The minimum atomic E-state index is -0.431. The van der Waals surface area contributed by atoms with Gasteiger partial charge in [0.15, 0.2) is 0 Å². The van der Waals surface area contributed by atoms with Crippen LogP contribution in [0.3, 0.4) is 0 Å². The quantitative estimate of drug-likeness (QED) is 0.672. The van der Waals surface area contributed by atoms with E-state index in [2.05, 4.69) is 45.3 Å². The molecule has 0 radical (unpaired) electrons. The van der Waals surface area contributed by atoms with E-state index in [-0.39, 0.29) is 5.69 Å². The summed E-state index contributed by atoms with van der Waals surface area (Å²) in [5, 5.41) is 14.0. The summed E-state index contributed by atoms with van der Waals surface area (Å²) in [6, 6.07) is 4.12. The summed E-state index contributed by atoms with van der Waals surface area (Å²) in [4.78, 5) is 16.9. The maximum atomic E-state index is 10.8. The number of aromatic nitrogens is 1. The molecule has 0 unspecified atom stereocenters. The van der Waals surface area contributed by atoms with Crippen LogP contribution in [0, 0.1) is 24.0 Å². The Hall–Kier alpha value is -1.47. The van der Waals surface area contributed by atoms with Gasteiger partial charge in [-0.15, -0.1) is 11.3 Å². The molecule has 1 N–H and O–H groups in total. The van der Waals surface area contributed by atoms with Crippen molar-refractivity contribution in [2.24, 2.45) is 0 Å². The number of nitrogens with one attached hydrogen (secondary N) is 1. The molecule has 0 aliphatic rings. The molecule has 0 bridgehead atoms. The summed E-state index contributed by atoms with van der Waals surface area (Å²) in [6.07, 6.45) is 1.28. The van der Waals surface area contributed by atoms with E-state index in [0.29, 0.717) is 22.4 Å². The van der Waals surface area contributed by atoms with Crippen molar-refractivity contribution in [1.29, 1.82) is 0 Å². The summed E-state index contributed by atoms with van der Waals surface area (Å²) in [5.74, 6) is 0.620. The summed E-state index contributed by atoms with van der Waals surface area (Å²) in [6.45, 7) is 4.41. The second-order valence-electron chi connectivity index (χ2n) is 4.05. The molecule has 0 aromatic carbocycles. The predicted octanol–water partition coefficient (Wildman–Crippen LogP) is 4.04. The minimum Gasteiger partial charge on any atom is -0.364 e. The molecule has 2 aromatic rings. The van der Waals surface area contributed by atoms with Gasteiger partial charge in [0, 0.05) is 15.3 Å². The topological polar surface area (TPSA) is 68.1 Å². The molecule has 0 spiro atoms. The molecular formula is C12H12BrN3O2S. The minimum absolute atomic E-state index is 0.0180. The summed E-state index contributed by atoms with van der Waals surface area (Å²) < 4.78 is 0.634. The van der Waals surface area contributed by atoms with Gasteiger partial charge in [-0.3, -0.25) is 10.1 Å². The molecule has 100 valence electrons. The molecule has 0 saturated heterocycles. The highest BCUT2D eigenvalue weighted by Gasteiger charge is 2.16. The molecule has 0 fully saturated rings. The van der Waals surface area contributed by atoms with Gasteiger partial charge < -0.3 is 5.32 Å². The number of anilines is 1. The lowest BCUT2D eigenvalue weighted by atomic mass is 10.2. The fourth-order valence-electron chi connectivity index (χ4n) is 1.63. The first-order chi connectivity index (χ1) is 8.99. The molecule has 5 nitrogen and oxygen atoms in total. The zero-order valence-corrected chi connectivity index (χ0v) is 12.8. The molecule has 2 heterocycles. The van der Waals surface area contributed by atoms with Gasteiger partial charge in [-0.2, -0.15) is 0 Å². The molecule has 2 aromatic heterocycles. The lowest BCUT2D eigenvalue weighted by Gasteiger charge is -2.08. The van der Waals surface area contributed by atoms with Crippen LogP contribution in [0.2, 0.25) is 0 Å². The summed E-state index contributed by atoms with van der Waals surface area (Å²) >= 11 is 5.06. The van der Waals surface area contributed by atoms with Crippen LogP contribution in [-0.2, 0) is 6.54 Å². The van der Waals surface area contributed by atoms with E-state index in [0.717, 1.165) is 0 Å². The standard InChI is InChI=1S/C12H12BrN3O2S/c1-7-3-4-9(19-7)5-14-12-11(13)8(2)10(6-15-12)16(17)18/h3-4,6H,5H2,1-2H3,(H,14,15). The van der Waals surface area contributed by atoms with Gasteiger partial charge in [0.2, 0.25) is 0 Å². The van der Waals surface area contributed by atoms with Crippen molar-refractivity contribution in [3.8, 4) is 0 Å². The normalized spacial score (nSPS) is 10.5. The van der Waals surface area contributed by atoms with E-state index < -0.39 is 4.92 Å². The van der Waals surface area contributed by atoms with Crippen LogP contribution in [0.1, 0.15) is 15.3 Å². The number of nitrogens with zero attached hydrogens (tertiary/aromatic N) is 2. The smallest absolute Gasteiger partial charge is 0.291 e. The Morgan fingerprint density at radius 3 is 2.79 bits per heavy atom. The van der Waals surface area contributed by atoms with Gasteiger partial charge in [0.1, 0.15) is 12.0 Å². The van der Waals surface area contributed by atoms with Crippen LogP contribution in [0.4, 0.5) is 11.5 Å². The molecule has 0 amide bonds. The number of thiophene rings is 1. The molecule has 0 atom stereocenters. The second-order valence-corrected chi connectivity index (χ2v) is 6.22. The highest BCUT2D eigenvalue weighted by atomic mass is 79.9. The molecule has 0 aliphatic heterocycles. The van der Waals surface area contributed by atoms with Crippen molar-refractivity contribution in [2.75, 3.05) is 5.32 Å². The van der Waals surface area contributed by atoms with E-state index >= 15 is 0 Å². The van der Waals surface area contributed by atoms with Crippen LogP contribution in [-0.4, -0.2) is 9.91 Å². The fourth-order valence-corrected chi connectivity index (χ4v) is 2.90. The third kappa shape index (κ3) is 3.10. The van der Waals surface area contributed by atoms with Crippen molar-refractivity contribution in [2.45, 2.75) is 20.4 Å². The highest BCUT2D eigenvalue weighted by molar-refractivity contribution is 9.10. The lowest BCUT2D eigenvalue weighted by molar-refractivity contribution is -0.385. The number of pyridine rings is 1. The highest BCUT2D eigenvalue weighted by Crippen LogP contribution is 2.31. The van der Waals surface area contributed by atoms with Crippen molar-refractivity contribution >= 4 is 38.8 Å². The maximum Gasteiger partial charge on any atom is 0.291 e. The maximum absolute atomic E-state index is 10.8. The zero-order chi connectivity index (χ0) is 14.0. The predicted molar refractivity (Wildman–Crippen MR) is 79.7 cm³/mol. The first-order valence-electron chi connectivity index (χ1n) is 5.57. The number of rotatable bonds is 4. The molecule has 0 saturated carbocycles. The van der Waals surface area contributed by atoms with Crippen molar-refractivity contribution in [1.82, 2.24) is 4.98 Å². The monoisotopic (exact) mass is 341 g/mol. The third-order valence-electron chi connectivity index (χ3n) is 2.66. The number of halogens is 1. The van der Waals surface area contributed by atoms with Crippen molar-refractivity contribution in [3.05, 3.63) is 48.2 Å². The average molecular weight is 342 g/mol. The fraction of sp³-hybridized carbons (Fsp3) is 0.250. The Bertz CT molecular complexity index is 627. The van der Waals surface area contributed by atoms with E-state index in [1.54, 1.807) is 18.3 Å². The van der Waals surface area contributed by atoms with Crippen LogP contribution < -0.4 is 5.32 Å². The second kappa shape index (κ2) is 5.66. The SMILES string of the molecule is Cc1ccc(CNc2ncc([N+](=O)[O-])c(C)c2Br)s1. The van der Waals surface area contributed by atoms with Gasteiger partial charge in [0.05, 0.1) is 15.9 Å². The number of hydrogen-bond donors (Lipinski definition) is 1. The van der Waals surface area contributed by atoms with E-state index in [4.69, 9.17) is 0 Å². The van der Waals surface area contributed by atoms with Crippen molar-refractivity contribution < 1.29 is 4.92 Å². The average Bonchev–Trinajstić information content (AvgIpc) is 2.76. The van der Waals surface area contributed by atoms with Gasteiger partial charge in [-0.05, 0) is 41.9 Å². The Kier molecular flexibility index (Phi) is 4.16. The molecule has 0 aliphatic carbocycles. The zero-order valence-electron chi connectivity index (χ0n) is 10.4. The van der Waals surface area contributed by atoms with Gasteiger partial charge in [0.25, 0.3) is 5.69 Å². The van der Waals surface area contributed by atoms with E-state index in [9.17, 15) is 10.1 Å². The number of aryl methyl sites for hydroxylation is 1. The first kappa shape index (κ1) is 14.0. The largest absolute Gasteiger partial charge is 0.364 e. The Balaban J connectivity index is 2.17.